The average molecular weight is 169 g/mol. The van der Waals surface area contributed by atoms with Crippen molar-refractivity contribution in [2.24, 2.45) is 5.92 Å². The van der Waals surface area contributed by atoms with Crippen molar-refractivity contribution in [2.45, 2.75) is 46.7 Å². The van der Waals surface area contributed by atoms with Gasteiger partial charge in [-0.2, -0.15) is 0 Å². The Bertz CT molecular complexity index is 147. The lowest BCUT2D eigenvalue weighted by Crippen LogP contribution is -2.37. The summed E-state index contributed by atoms with van der Waals surface area (Å²) in [6, 6.07) is 1.08. The van der Waals surface area contributed by atoms with Gasteiger partial charge >= 0.3 is 0 Å². The minimum Gasteiger partial charge on any atom is -0.298 e. The largest absolute Gasteiger partial charge is 0.298 e. The van der Waals surface area contributed by atoms with E-state index in [1.54, 1.807) is 0 Å². The molecule has 1 nitrogen and oxygen atoms in total. The summed E-state index contributed by atoms with van der Waals surface area (Å²) < 4.78 is 0. The van der Waals surface area contributed by atoms with Gasteiger partial charge < -0.3 is 0 Å². The van der Waals surface area contributed by atoms with Crippen molar-refractivity contribution in [3.8, 4) is 0 Å². The molecule has 1 atom stereocenters. The molecule has 0 N–H and O–H groups in total. The van der Waals surface area contributed by atoms with E-state index in [0.29, 0.717) is 18.0 Å². The molecule has 0 amide bonds. The average Bonchev–Trinajstić information content (AvgIpc) is 2.00. The predicted octanol–water partition coefficient (Wildman–Crippen LogP) is 2.93. The minimum atomic E-state index is 0.491. The number of hydrogen-bond acceptors (Lipinski definition) is 1. The summed E-state index contributed by atoms with van der Waals surface area (Å²) >= 11 is 0. The minimum absolute atomic E-state index is 0.491. The van der Waals surface area contributed by atoms with Crippen LogP contribution in [0.2, 0.25) is 0 Å². The predicted molar refractivity (Wildman–Crippen MR) is 56.3 cm³/mol. The summed E-state index contributed by atoms with van der Waals surface area (Å²) in [6.07, 6.45) is 0. The fourth-order valence-corrected chi connectivity index (χ4v) is 1.19. The maximum absolute atomic E-state index is 4.12. The van der Waals surface area contributed by atoms with Gasteiger partial charge in [0.15, 0.2) is 0 Å². The topological polar surface area (TPSA) is 3.24 Å². The highest BCUT2D eigenvalue weighted by Gasteiger charge is 2.16. The van der Waals surface area contributed by atoms with Gasteiger partial charge in [-0.05, 0) is 33.7 Å². The van der Waals surface area contributed by atoms with Gasteiger partial charge in [-0.1, -0.05) is 26.0 Å². The van der Waals surface area contributed by atoms with Gasteiger partial charge in [0.05, 0.1) is 0 Å². The quantitative estimate of drug-likeness (QED) is 0.585. The summed E-state index contributed by atoms with van der Waals surface area (Å²) in [7, 11) is 2.16. The van der Waals surface area contributed by atoms with Crippen molar-refractivity contribution in [3.05, 3.63) is 12.2 Å². The second kappa shape index (κ2) is 4.66. The second-order valence-corrected chi connectivity index (χ2v) is 4.16. The van der Waals surface area contributed by atoms with Gasteiger partial charge in [0.1, 0.15) is 0 Å². The number of nitrogens with zero attached hydrogens (tertiary/aromatic N) is 1. The zero-order valence-electron chi connectivity index (χ0n) is 9.39. The zero-order valence-corrected chi connectivity index (χ0v) is 9.39. The van der Waals surface area contributed by atoms with E-state index in [4.69, 9.17) is 0 Å². The molecular formula is C11H23N. The first-order valence-electron chi connectivity index (χ1n) is 4.78. The van der Waals surface area contributed by atoms with E-state index in [2.05, 4.69) is 53.1 Å². The van der Waals surface area contributed by atoms with Crippen LogP contribution in [0.1, 0.15) is 34.6 Å². The molecule has 0 aromatic carbocycles. The van der Waals surface area contributed by atoms with E-state index in [0.717, 1.165) is 0 Å². The highest BCUT2D eigenvalue weighted by molar-refractivity contribution is 5.06. The molecule has 0 aromatic heterocycles. The summed E-state index contributed by atoms with van der Waals surface area (Å²) in [5.41, 5.74) is 1.33. The Labute approximate surface area is 77.5 Å². The van der Waals surface area contributed by atoms with Crippen molar-refractivity contribution < 1.29 is 0 Å². The molecule has 0 bridgehead atoms. The van der Waals surface area contributed by atoms with Crippen LogP contribution in [0.15, 0.2) is 12.2 Å². The summed E-state index contributed by atoms with van der Waals surface area (Å²) in [5, 5.41) is 0. The Morgan fingerprint density at radius 1 is 1.08 bits per heavy atom. The third-order valence-corrected chi connectivity index (χ3v) is 2.70. The first-order chi connectivity index (χ1) is 5.37. The number of likely N-dealkylation sites (N-methyl/N-ethyl adjacent to an activating group) is 1. The fraction of sp³-hybridized carbons (Fsp3) is 0.818. The van der Waals surface area contributed by atoms with E-state index in [9.17, 15) is 0 Å². The molecule has 0 aliphatic carbocycles. The smallest absolute Gasteiger partial charge is 0.0278 e. The second-order valence-electron chi connectivity index (χ2n) is 4.16. The fourth-order valence-electron chi connectivity index (χ4n) is 1.19. The normalized spacial score (nSPS) is 14.4. The van der Waals surface area contributed by atoms with Crippen LogP contribution in [0.5, 0.6) is 0 Å². The lowest BCUT2D eigenvalue weighted by atomic mass is 9.97. The molecule has 72 valence electrons. The van der Waals surface area contributed by atoms with Gasteiger partial charge in [-0.15, -0.1) is 0 Å². The molecular weight excluding hydrogens is 146 g/mol. The molecule has 1 unspecified atom stereocenters. The van der Waals surface area contributed by atoms with Gasteiger partial charge in [-0.3, -0.25) is 4.90 Å². The molecule has 0 saturated carbocycles. The van der Waals surface area contributed by atoms with Gasteiger partial charge in [0.25, 0.3) is 0 Å². The first-order valence-corrected chi connectivity index (χ1v) is 4.78. The molecule has 0 heterocycles. The van der Waals surface area contributed by atoms with Crippen LogP contribution in [0, 0.1) is 5.92 Å². The lowest BCUT2D eigenvalue weighted by Gasteiger charge is -2.31. The highest BCUT2D eigenvalue weighted by atomic mass is 15.1. The van der Waals surface area contributed by atoms with Crippen LogP contribution in [0.25, 0.3) is 0 Å². The van der Waals surface area contributed by atoms with Crippen LogP contribution in [-0.2, 0) is 0 Å². The maximum atomic E-state index is 4.12. The summed E-state index contributed by atoms with van der Waals surface area (Å²) in [6.45, 7) is 15.2. The molecule has 0 aliphatic heterocycles. The molecule has 0 aromatic rings. The third kappa shape index (κ3) is 2.98. The summed E-state index contributed by atoms with van der Waals surface area (Å²) in [5.74, 6) is 0.584. The van der Waals surface area contributed by atoms with Crippen molar-refractivity contribution >= 4 is 0 Å². The SMILES string of the molecule is C=C(C(C)C)C(C)N(C)C(C)C. The van der Waals surface area contributed by atoms with E-state index in [-0.39, 0.29) is 0 Å². The molecule has 1 heteroatoms. The van der Waals surface area contributed by atoms with Crippen LogP contribution in [0.4, 0.5) is 0 Å². The summed E-state index contributed by atoms with van der Waals surface area (Å²) in [4.78, 5) is 2.35. The first kappa shape index (κ1) is 11.7. The molecule has 0 aliphatic rings. The van der Waals surface area contributed by atoms with Crippen molar-refractivity contribution in [3.63, 3.8) is 0 Å². The van der Waals surface area contributed by atoms with Crippen LogP contribution >= 0.6 is 0 Å². The monoisotopic (exact) mass is 169 g/mol. The number of hydrogen-bond donors (Lipinski definition) is 0. The molecule has 0 radical (unpaired) electrons. The van der Waals surface area contributed by atoms with Crippen LogP contribution in [0.3, 0.4) is 0 Å². The van der Waals surface area contributed by atoms with Crippen LogP contribution in [-0.4, -0.2) is 24.0 Å². The van der Waals surface area contributed by atoms with Gasteiger partial charge in [0.2, 0.25) is 0 Å². The van der Waals surface area contributed by atoms with Crippen molar-refractivity contribution in [1.29, 1.82) is 0 Å². The maximum Gasteiger partial charge on any atom is 0.0278 e. The molecule has 0 rings (SSSR count). The Hall–Kier alpha value is -0.300. The van der Waals surface area contributed by atoms with Gasteiger partial charge in [0, 0.05) is 12.1 Å². The van der Waals surface area contributed by atoms with E-state index >= 15 is 0 Å². The van der Waals surface area contributed by atoms with E-state index < -0.39 is 0 Å². The molecule has 0 spiro atoms. The van der Waals surface area contributed by atoms with Gasteiger partial charge in [-0.25, -0.2) is 0 Å². The lowest BCUT2D eigenvalue weighted by molar-refractivity contribution is 0.225. The third-order valence-electron chi connectivity index (χ3n) is 2.70. The molecule has 12 heavy (non-hydrogen) atoms. The highest BCUT2D eigenvalue weighted by Crippen LogP contribution is 2.17. The van der Waals surface area contributed by atoms with Crippen molar-refractivity contribution in [1.82, 2.24) is 4.90 Å². The van der Waals surface area contributed by atoms with Crippen molar-refractivity contribution in [2.75, 3.05) is 7.05 Å². The Morgan fingerprint density at radius 3 is 1.75 bits per heavy atom. The zero-order chi connectivity index (χ0) is 9.89. The molecule has 0 fully saturated rings. The van der Waals surface area contributed by atoms with E-state index in [1.165, 1.54) is 5.57 Å². The Kier molecular flexibility index (Phi) is 4.54. The number of rotatable bonds is 4. The Morgan fingerprint density at radius 2 is 1.50 bits per heavy atom. The van der Waals surface area contributed by atoms with Crippen LogP contribution < -0.4 is 0 Å². The molecule has 0 saturated heterocycles. The Balaban J connectivity index is 4.19. The van der Waals surface area contributed by atoms with E-state index in [1.807, 2.05) is 0 Å². The standard InChI is InChI=1S/C11H23N/c1-8(2)10(5)11(6)12(7)9(3)4/h8-9,11H,5H2,1-4,6-7H3.